The number of carbonyl (C=O) groups excluding carboxylic acids is 1. The van der Waals surface area contributed by atoms with Crippen molar-refractivity contribution in [3.63, 3.8) is 0 Å². The molecule has 6 heteroatoms. The van der Waals surface area contributed by atoms with E-state index in [4.69, 9.17) is 17.1 Å². The molecule has 1 atom stereocenters. The van der Waals surface area contributed by atoms with Gasteiger partial charge in [0.1, 0.15) is 0 Å². The van der Waals surface area contributed by atoms with E-state index in [1.54, 1.807) is 11.8 Å². The molecule has 2 aliphatic rings. The largest absolute Gasteiger partial charge is 0.390 e. The van der Waals surface area contributed by atoms with E-state index in [0.717, 1.165) is 28.1 Å². The summed E-state index contributed by atoms with van der Waals surface area (Å²) in [6.07, 6.45) is 6.70. The van der Waals surface area contributed by atoms with Gasteiger partial charge in [-0.25, -0.2) is 4.99 Å². The number of hydrogen-bond acceptors (Lipinski definition) is 5. The molecule has 0 aromatic heterocycles. The van der Waals surface area contributed by atoms with E-state index in [0.29, 0.717) is 12.8 Å². The number of hydrogen-bond donors (Lipinski definition) is 3. The average molecular weight is 417 g/mol. The predicted molar refractivity (Wildman–Crippen MR) is 123 cm³/mol. The highest BCUT2D eigenvalue weighted by Gasteiger charge is 2.48. The van der Waals surface area contributed by atoms with Crippen LogP contribution < -0.4 is 11.1 Å². The topological polar surface area (TPSA) is 91.0 Å². The lowest BCUT2D eigenvalue weighted by molar-refractivity contribution is -0.138. The van der Waals surface area contributed by atoms with E-state index in [2.05, 4.69) is 11.2 Å². The number of anilines is 2. The second-order valence-electron chi connectivity index (χ2n) is 9.07. The van der Waals surface area contributed by atoms with E-state index in [9.17, 15) is 9.90 Å². The van der Waals surface area contributed by atoms with Crippen molar-refractivity contribution in [3.05, 3.63) is 59.2 Å². The number of nitrogens with zero attached hydrogens (tertiary/aromatic N) is 2. The van der Waals surface area contributed by atoms with Gasteiger partial charge in [0, 0.05) is 23.0 Å². The van der Waals surface area contributed by atoms with Crippen LogP contribution in [0.4, 0.5) is 11.4 Å². The zero-order valence-electron chi connectivity index (χ0n) is 18.1. The molecule has 6 nitrogen and oxygen atoms in total. The first-order chi connectivity index (χ1) is 14.6. The van der Waals surface area contributed by atoms with Crippen molar-refractivity contribution in [1.82, 2.24) is 4.90 Å². The second kappa shape index (κ2) is 7.44. The molecule has 1 saturated carbocycles. The van der Waals surface area contributed by atoms with Crippen LogP contribution in [-0.4, -0.2) is 33.5 Å². The van der Waals surface area contributed by atoms with Gasteiger partial charge in [-0.15, -0.1) is 6.42 Å². The summed E-state index contributed by atoms with van der Waals surface area (Å²) in [6, 6.07) is 13.5. The molecule has 1 aliphatic carbocycles. The minimum absolute atomic E-state index is 0.0573. The first kappa shape index (κ1) is 21.0. The Hall–Kier alpha value is -3.30. The van der Waals surface area contributed by atoms with Crippen LogP contribution in [0.5, 0.6) is 0 Å². The van der Waals surface area contributed by atoms with Crippen LogP contribution in [0.3, 0.4) is 0 Å². The number of nitrogens with one attached hydrogen (secondary N) is 1. The highest BCUT2D eigenvalue weighted by molar-refractivity contribution is 5.99. The average Bonchev–Trinajstić information content (AvgIpc) is 2.68. The number of guanidine groups is 1. The van der Waals surface area contributed by atoms with Gasteiger partial charge in [-0.1, -0.05) is 18.1 Å². The lowest BCUT2D eigenvalue weighted by Crippen LogP contribution is -2.61. The molecule has 4 rings (SSSR count). The summed E-state index contributed by atoms with van der Waals surface area (Å²) in [5, 5.41) is 13.5. The SMILES string of the molecule is C#Cc1ccc(Nc2cccc([C@]3(C)CC(=O)N(C4CC(C)(O)C4)C(N)=N3)c2C)cc1. The monoisotopic (exact) mass is 416 g/mol. The molecule has 1 fully saturated rings. The Morgan fingerprint density at radius 3 is 2.48 bits per heavy atom. The molecule has 1 aliphatic heterocycles. The predicted octanol–water partition coefficient (Wildman–Crippen LogP) is 3.40. The molecule has 2 aromatic rings. The summed E-state index contributed by atoms with van der Waals surface area (Å²) in [4.78, 5) is 19.4. The van der Waals surface area contributed by atoms with Crippen molar-refractivity contribution in [2.75, 3.05) is 5.32 Å². The third-order valence-electron chi connectivity index (χ3n) is 6.33. The Kier molecular flexibility index (Phi) is 5.03. The quantitative estimate of drug-likeness (QED) is 0.667. The number of aliphatic imine (C=N–C) groups is 1. The normalized spacial score (nSPS) is 27.8. The van der Waals surface area contributed by atoms with Crippen LogP contribution in [0.1, 0.15) is 49.8 Å². The van der Waals surface area contributed by atoms with Gasteiger partial charge in [-0.05, 0) is 75.1 Å². The Morgan fingerprint density at radius 1 is 1.23 bits per heavy atom. The minimum atomic E-state index is -0.751. The molecule has 0 spiro atoms. The van der Waals surface area contributed by atoms with Gasteiger partial charge in [-0.2, -0.15) is 0 Å². The van der Waals surface area contributed by atoms with Crippen LogP contribution in [0.25, 0.3) is 0 Å². The summed E-state index contributed by atoms with van der Waals surface area (Å²) in [5.74, 6) is 2.78. The number of aliphatic hydroxyl groups is 1. The maximum Gasteiger partial charge on any atom is 0.232 e. The molecule has 0 radical (unpaired) electrons. The Labute approximate surface area is 183 Å². The van der Waals surface area contributed by atoms with Gasteiger partial charge in [-0.3, -0.25) is 9.69 Å². The van der Waals surface area contributed by atoms with Crippen LogP contribution in [0, 0.1) is 19.3 Å². The zero-order chi connectivity index (χ0) is 22.4. The van der Waals surface area contributed by atoms with Gasteiger partial charge in [0.15, 0.2) is 5.96 Å². The number of nitrogens with two attached hydrogens (primary N) is 1. The first-order valence-electron chi connectivity index (χ1n) is 10.5. The molecular weight excluding hydrogens is 388 g/mol. The number of terminal acetylenes is 1. The Balaban J connectivity index is 1.62. The molecule has 1 amide bonds. The van der Waals surface area contributed by atoms with Crippen molar-refractivity contribution < 1.29 is 9.90 Å². The van der Waals surface area contributed by atoms with E-state index in [1.807, 2.05) is 56.3 Å². The third kappa shape index (κ3) is 3.89. The Morgan fingerprint density at radius 2 is 1.90 bits per heavy atom. The van der Waals surface area contributed by atoms with E-state index in [-0.39, 0.29) is 24.3 Å². The molecule has 31 heavy (non-hydrogen) atoms. The molecule has 1 heterocycles. The number of benzene rings is 2. The smallest absolute Gasteiger partial charge is 0.232 e. The van der Waals surface area contributed by atoms with Crippen molar-refractivity contribution in [1.29, 1.82) is 0 Å². The number of amides is 1. The fourth-order valence-corrected chi connectivity index (χ4v) is 4.70. The molecule has 0 saturated heterocycles. The summed E-state index contributed by atoms with van der Waals surface area (Å²) < 4.78 is 0. The van der Waals surface area contributed by atoms with Gasteiger partial charge >= 0.3 is 0 Å². The second-order valence-corrected chi connectivity index (χ2v) is 9.07. The van der Waals surface area contributed by atoms with Gasteiger partial charge in [0.05, 0.1) is 17.6 Å². The van der Waals surface area contributed by atoms with Crippen LogP contribution in [-0.2, 0) is 10.3 Å². The van der Waals surface area contributed by atoms with E-state index < -0.39 is 11.1 Å². The highest BCUT2D eigenvalue weighted by Crippen LogP contribution is 2.41. The molecule has 0 unspecified atom stereocenters. The lowest BCUT2D eigenvalue weighted by Gasteiger charge is -2.48. The van der Waals surface area contributed by atoms with Crippen molar-refractivity contribution in [2.24, 2.45) is 10.7 Å². The fraction of sp³-hybridized carbons (Fsp3) is 0.360. The highest BCUT2D eigenvalue weighted by atomic mass is 16.3. The molecule has 160 valence electrons. The van der Waals surface area contributed by atoms with E-state index in [1.165, 1.54) is 0 Å². The van der Waals surface area contributed by atoms with Crippen molar-refractivity contribution in [3.8, 4) is 12.3 Å². The maximum atomic E-state index is 13.0. The zero-order valence-corrected chi connectivity index (χ0v) is 18.1. The minimum Gasteiger partial charge on any atom is -0.390 e. The van der Waals surface area contributed by atoms with Crippen molar-refractivity contribution >= 4 is 23.2 Å². The van der Waals surface area contributed by atoms with Gasteiger partial charge in [0.25, 0.3) is 0 Å². The lowest BCUT2D eigenvalue weighted by atomic mass is 9.75. The molecular formula is C25H28N4O2. The third-order valence-corrected chi connectivity index (χ3v) is 6.33. The summed E-state index contributed by atoms with van der Waals surface area (Å²) in [6.45, 7) is 5.74. The summed E-state index contributed by atoms with van der Waals surface area (Å²) in [7, 11) is 0. The van der Waals surface area contributed by atoms with E-state index >= 15 is 0 Å². The number of carbonyl (C=O) groups is 1. The van der Waals surface area contributed by atoms with Crippen LogP contribution >= 0.6 is 0 Å². The summed E-state index contributed by atoms with van der Waals surface area (Å²) >= 11 is 0. The van der Waals surface area contributed by atoms with Crippen LogP contribution in [0.2, 0.25) is 0 Å². The van der Waals surface area contributed by atoms with Gasteiger partial charge in [0.2, 0.25) is 5.91 Å². The number of rotatable bonds is 4. The van der Waals surface area contributed by atoms with Crippen molar-refractivity contribution in [2.45, 2.75) is 57.2 Å². The Bertz CT molecular complexity index is 1090. The molecule has 4 N–H and O–H groups in total. The maximum absolute atomic E-state index is 13.0. The standard InChI is InChI=1S/C25H28N4O2/c1-5-17-9-11-18(12-10-17)27-21-8-6-7-20(16(21)2)25(4)15-22(30)29(23(26)28-25)19-13-24(3,31)14-19/h1,6-12,19,27,31H,13-15H2,2-4H3,(H2,26,28)/t19?,24?,25-/m0/s1. The molecule has 2 aromatic carbocycles. The van der Waals surface area contributed by atoms with Gasteiger partial charge < -0.3 is 16.2 Å². The van der Waals surface area contributed by atoms with Crippen LogP contribution in [0.15, 0.2) is 47.5 Å². The summed E-state index contributed by atoms with van der Waals surface area (Å²) in [5.41, 5.74) is 9.43. The fourth-order valence-electron chi connectivity index (χ4n) is 4.70. The first-order valence-corrected chi connectivity index (χ1v) is 10.5. The molecule has 0 bridgehead atoms.